The normalized spacial score (nSPS) is 10.6. The number of carbonyl (C=O) groups is 1. The van der Waals surface area contributed by atoms with E-state index in [1.807, 2.05) is 31.3 Å². The van der Waals surface area contributed by atoms with Crippen molar-refractivity contribution in [3.8, 4) is 0 Å². The summed E-state index contributed by atoms with van der Waals surface area (Å²) in [7, 11) is 1.84. The van der Waals surface area contributed by atoms with E-state index in [4.69, 9.17) is 4.52 Å². The van der Waals surface area contributed by atoms with Crippen LogP contribution in [0, 0.1) is 0 Å². The van der Waals surface area contributed by atoms with Gasteiger partial charge in [-0.3, -0.25) is 4.79 Å². The number of aromatic nitrogens is 1. The van der Waals surface area contributed by atoms with Crippen LogP contribution in [0.15, 0.2) is 28.8 Å². The lowest BCUT2D eigenvalue weighted by atomic mass is 10.1. The number of nitrogens with one attached hydrogen (secondary N) is 2. The summed E-state index contributed by atoms with van der Waals surface area (Å²) in [6, 6.07) is 7.53. The van der Waals surface area contributed by atoms with E-state index in [0.717, 1.165) is 11.9 Å². The predicted octanol–water partition coefficient (Wildman–Crippen LogP) is 0.706. The van der Waals surface area contributed by atoms with Crippen molar-refractivity contribution < 1.29 is 9.32 Å². The van der Waals surface area contributed by atoms with E-state index in [-0.39, 0.29) is 12.3 Å². The lowest BCUT2D eigenvalue weighted by Crippen LogP contribution is -2.31. The van der Waals surface area contributed by atoms with Crippen molar-refractivity contribution >= 4 is 16.9 Å². The Morgan fingerprint density at radius 3 is 3.00 bits per heavy atom. The smallest absolute Gasteiger partial charge is 0.226 e. The van der Waals surface area contributed by atoms with Gasteiger partial charge in [0.15, 0.2) is 5.58 Å². The van der Waals surface area contributed by atoms with Crippen LogP contribution in [0.3, 0.4) is 0 Å². The summed E-state index contributed by atoms with van der Waals surface area (Å²) < 4.78 is 5.13. The van der Waals surface area contributed by atoms with Gasteiger partial charge in [0.2, 0.25) is 5.91 Å². The number of carbonyl (C=O) groups excluding carboxylic acids is 1. The molecular formula is C12H15N3O2. The topological polar surface area (TPSA) is 67.2 Å². The van der Waals surface area contributed by atoms with Gasteiger partial charge < -0.3 is 15.2 Å². The molecular weight excluding hydrogens is 218 g/mol. The number of nitrogens with zero attached hydrogens (tertiary/aromatic N) is 1. The van der Waals surface area contributed by atoms with Crippen molar-refractivity contribution in [1.82, 2.24) is 15.8 Å². The van der Waals surface area contributed by atoms with Gasteiger partial charge in [-0.2, -0.15) is 0 Å². The maximum atomic E-state index is 11.6. The van der Waals surface area contributed by atoms with E-state index in [9.17, 15) is 4.79 Å². The summed E-state index contributed by atoms with van der Waals surface area (Å²) in [4.78, 5) is 11.6. The molecule has 0 saturated carbocycles. The number of benzene rings is 1. The number of amides is 1. The van der Waals surface area contributed by atoms with E-state index < -0.39 is 0 Å². The first kappa shape index (κ1) is 11.6. The van der Waals surface area contributed by atoms with Crippen LogP contribution < -0.4 is 10.6 Å². The fourth-order valence-electron chi connectivity index (χ4n) is 1.61. The fraction of sp³-hybridized carbons (Fsp3) is 0.333. The largest absolute Gasteiger partial charge is 0.356 e. The van der Waals surface area contributed by atoms with Crippen molar-refractivity contribution in [1.29, 1.82) is 0 Å². The maximum absolute atomic E-state index is 11.6. The molecule has 0 saturated heterocycles. The molecule has 0 bridgehead atoms. The Morgan fingerprint density at radius 2 is 2.18 bits per heavy atom. The molecule has 0 fully saturated rings. The molecule has 17 heavy (non-hydrogen) atoms. The van der Waals surface area contributed by atoms with Gasteiger partial charge >= 0.3 is 0 Å². The minimum Gasteiger partial charge on any atom is -0.356 e. The Hall–Kier alpha value is -1.88. The molecule has 0 radical (unpaired) electrons. The Bertz CT molecular complexity index is 507. The summed E-state index contributed by atoms with van der Waals surface area (Å²) >= 11 is 0. The van der Waals surface area contributed by atoms with Crippen LogP contribution in [0.2, 0.25) is 0 Å². The highest BCUT2D eigenvalue weighted by Gasteiger charge is 2.11. The van der Waals surface area contributed by atoms with Gasteiger partial charge in [0.1, 0.15) is 5.69 Å². The van der Waals surface area contributed by atoms with Crippen molar-refractivity contribution in [2.75, 3.05) is 20.1 Å². The molecule has 1 amide bonds. The molecule has 0 unspecified atom stereocenters. The number of likely N-dealkylation sites (N-methyl/N-ethyl adjacent to an activating group) is 1. The molecule has 1 aromatic heterocycles. The highest BCUT2D eigenvalue weighted by atomic mass is 16.5. The van der Waals surface area contributed by atoms with Crippen LogP contribution in [0.25, 0.3) is 11.0 Å². The second-order valence-electron chi connectivity index (χ2n) is 3.76. The first-order chi connectivity index (χ1) is 8.31. The van der Waals surface area contributed by atoms with Crippen molar-refractivity contribution in [3.05, 3.63) is 30.0 Å². The average Bonchev–Trinajstić information content (AvgIpc) is 2.73. The van der Waals surface area contributed by atoms with E-state index in [1.165, 1.54) is 0 Å². The highest BCUT2D eigenvalue weighted by molar-refractivity contribution is 5.86. The Morgan fingerprint density at radius 1 is 1.35 bits per heavy atom. The third kappa shape index (κ3) is 2.82. The van der Waals surface area contributed by atoms with Gasteiger partial charge in [0.25, 0.3) is 0 Å². The van der Waals surface area contributed by atoms with E-state index in [0.29, 0.717) is 17.8 Å². The van der Waals surface area contributed by atoms with Crippen LogP contribution >= 0.6 is 0 Å². The number of rotatable bonds is 5. The zero-order valence-corrected chi connectivity index (χ0v) is 9.69. The third-order valence-electron chi connectivity index (χ3n) is 2.48. The first-order valence-electron chi connectivity index (χ1n) is 5.56. The molecule has 0 aliphatic rings. The second-order valence-corrected chi connectivity index (χ2v) is 3.76. The summed E-state index contributed by atoms with van der Waals surface area (Å²) in [6.07, 6.45) is 0.251. The van der Waals surface area contributed by atoms with Crippen LogP contribution in [-0.4, -0.2) is 31.2 Å². The molecule has 90 valence electrons. The quantitative estimate of drug-likeness (QED) is 0.746. The summed E-state index contributed by atoms with van der Waals surface area (Å²) in [5.74, 6) is -0.0423. The molecule has 2 aromatic rings. The molecule has 5 nitrogen and oxygen atoms in total. The zero-order chi connectivity index (χ0) is 12.1. The SMILES string of the molecule is CNCCNC(=O)Cc1noc2ccccc12. The first-order valence-corrected chi connectivity index (χ1v) is 5.56. The van der Waals surface area contributed by atoms with Gasteiger partial charge in [0.05, 0.1) is 6.42 Å². The molecule has 0 atom stereocenters. The third-order valence-corrected chi connectivity index (χ3v) is 2.48. The van der Waals surface area contributed by atoms with E-state index in [1.54, 1.807) is 0 Å². The van der Waals surface area contributed by atoms with Crippen molar-refractivity contribution in [2.24, 2.45) is 0 Å². The van der Waals surface area contributed by atoms with Crippen LogP contribution in [0.1, 0.15) is 5.69 Å². The predicted molar refractivity (Wildman–Crippen MR) is 64.6 cm³/mol. The molecule has 1 aromatic carbocycles. The molecule has 0 spiro atoms. The van der Waals surface area contributed by atoms with Gasteiger partial charge in [-0.25, -0.2) is 0 Å². The fourth-order valence-corrected chi connectivity index (χ4v) is 1.61. The van der Waals surface area contributed by atoms with Crippen LogP contribution in [-0.2, 0) is 11.2 Å². The lowest BCUT2D eigenvalue weighted by Gasteiger charge is -2.02. The maximum Gasteiger partial charge on any atom is 0.226 e. The minimum atomic E-state index is -0.0423. The Labute approximate surface area is 99.2 Å². The van der Waals surface area contributed by atoms with Gasteiger partial charge in [-0.15, -0.1) is 0 Å². The monoisotopic (exact) mass is 233 g/mol. The van der Waals surface area contributed by atoms with Gasteiger partial charge in [-0.1, -0.05) is 17.3 Å². The summed E-state index contributed by atoms with van der Waals surface area (Å²) in [5, 5.41) is 10.6. The number of hydrogen-bond donors (Lipinski definition) is 2. The summed E-state index contributed by atoms with van der Waals surface area (Å²) in [6.45, 7) is 1.37. The molecule has 2 rings (SSSR count). The minimum absolute atomic E-state index is 0.0423. The Kier molecular flexibility index (Phi) is 3.72. The molecule has 0 aliphatic heterocycles. The van der Waals surface area contributed by atoms with E-state index in [2.05, 4.69) is 15.8 Å². The number of hydrogen-bond acceptors (Lipinski definition) is 4. The number of para-hydroxylation sites is 1. The van der Waals surface area contributed by atoms with Crippen molar-refractivity contribution in [2.45, 2.75) is 6.42 Å². The average molecular weight is 233 g/mol. The number of fused-ring (bicyclic) bond motifs is 1. The Balaban J connectivity index is 2.01. The van der Waals surface area contributed by atoms with E-state index >= 15 is 0 Å². The molecule has 1 heterocycles. The standard InChI is InChI=1S/C12H15N3O2/c1-13-6-7-14-12(16)8-10-9-4-2-3-5-11(9)17-15-10/h2-5,13H,6-8H2,1H3,(H,14,16). The lowest BCUT2D eigenvalue weighted by molar-refractivity contribution is -0.120. The van der Waals surface area contributed by atoms with Crippen LogP contribution in [0.5, 0.6) is 0 Å². The highest BCUT2D eigenvalue weighted by Crippen LogP contribution is 2.17. The molecule has 0 aliphatic carbocycles. The summed E-state index contributed by atoms with van der Waals surface area (Å²) in [5.41, 5.74) is 1.40. The van der Waals surface area contributed by atoms with Gasteiger partial charge in [-0.05, 0) is 19.2 Å². The van der Waals surface area contributed by atoms with Gasteiger partial charge in [0, 0.05) is 18.5 Å². The van der Waals surface area contributed by atoms with Crippen molar-refractivity contribution in [3.63, 3.8) is 0 Å². The molecule has 2 N–H and O–H groups in total. The zero-order valence-electron chi connectivity index (χ0n) is 9.69. The van der Waals surface area contributed by atoms with Crippen LogP contribution in [0.4, 0.5) is 0 Å². The molecule has 5 heteroatoms. The second kappa shape index (κ2) is 5.45.